The third-order valence-electron chi connectivity index (χ3n) is 4.73. The summed E-state index contributed by atoms with van der Waals surface area (Å²) in [5, 5.41) is 0. The molecule has 0 atom stereocenters. The lowest BCUT2D eigenvalue weighted by Gasteiger charge is -2.13. The van der Waals surface area contributed by atoms with Crippen molar-refractivity contribution in [1.82, 2.24) is 0 Å². The molecule has 0 heterocycles. The van der Waals surface area contributed by atoms with Gasteiger partial charge in [-0.1, -0.05) is 30.3 Å². The lowest BCUT2D eigenvalue weighted by Crippen LogP contribution is -2.05. The quantitative estimate of drug-likeness (QED) is 0.707. The molecule has 4 bridgehead atoms. The van der Waals surface area contributed by atoms with Gasteiger partial charge in [-0.2, -0.15) is 0 Å². The van der Waals surface area contributed by atoms with Crippen molar-refractivity contribution in [2.45, 2.75) is 38.5 Å². The maximum Gasteiger partial charge on any atom is 0.163 e. The zero-order chi connectivity index (χ0) is 13.5. The third kappa shape index (κ3) is 1.98. The van der Waals surface area contributed by atoms with Crippen LogP contribution in [-0.4, -0.2) is 5.78 Å². The van der Waals surface area contributed by atoms with E-state index in [4.69, 9.17) is 0 Å². The minimum atomic E-state index is 0.321. The summed E-state index contributed by atoms with van der Waals surface area (Å²) in [7, 11) is 0. The molecule has 0 radical (unpaired) electrons. The summed E-state index contributed by atoms with van der Waals surface area (Å²) in [5.74, 6) is 0.321. The standard InChI is InChI=1S/C19H18O/c20-19-10-9-17-11-13-1-2-14-4-6-16(18(19)12-14)8-7-15(17)5-3-13/h3-6,11-12H,1-2,7-10H2. The number of Topliss-reactive ketones (excluding diaryl/α,β-unsaturated/α-hetero) is 1. The first-order valence-corrected chi connectivity index (χ1v) is 7.55. The van der Waals surface area contributed by atoms with Crippen LogP contribution in [0.15, 0.2) is 36.4 Å². The zero-order valence-corrected chi connectivity index (χ0v) is 11.6. The average molecular weight is 262 g/mol. The van der Waals surface area contributed by atoms with Crippen molar-refractivity contribution in [3.05, 3.63) is 69.8 Å². The molecule has 2 aliphatic carbocycles. The van der Waals surface area contributed by atoms with Crippen molar-refractivity contribution in [3.63, 3.8) is 0 Å². The summed E-state index contributed by atoms with van der Waals surface area (Å²) in [5.41, 5.74) is 7.74. The van der Waals surface area contributed by atoms with E-state index in [-0.39, 0.29) is 0 Å². The number of hydrogen-bond acceptors (Lipinski definition) is 1. The minimum Gasteiger partial charge on any atom is -0.294 e. The van der Waals surface area contributed by atoms with Crippen LogP contribution < -0.4 is 0 Å². The van der Waals surface area contributed by atoms with Gasteiger partial charge in [-0.05, 0) is 66.0 Å². The van der Waals surface area contributed by atoms with Gasteiger partial charge in [-0.3, -0.25) is 4.79 Å². The van der Waals surface area contributed by atoms with Gasteiger partial charge in [-0.15, -0.1) is 0 Å². The Hall–Kier alpha value is -1.89. The van der Waals surface area contributed by atoms with Gasteiger partial charge in [0.1, 0.15) is 0 Å². The molecule has 0 aromatic heterocycles. The van der Waals surface area contributed by atoms with E-state index < -0.39 is 0 Å². The summed E-state index contributed by atoms with van der Waals surface area (Å²) in [6.45, 7) is 0. The molecule has 0 aliphatic heterocycles. The highest BCUT2D eigenvalue weighted by Crippen LogP contribution is 2.25. The number of ketones is 1. The van der Waals surface area contributed by atoms with E-state index >= 15 is 0 Å². The van der Waals surface area contributed by atoms with Crippen LogP contribution >= 0.6 is 0 Å². The topological polar surface area (TPSA) is 17.1 Å². The van der Waals surface area contributed by atoms with Crippen LogP contribution in [0.25, 0.3) is 0 Å². The Kier molecular flexibility index (Phi) is 2.73. The molecule has 1 heteroatoms. The Bertz CT molecular complexity index is 697. The Morgan fingerprint density at radius 3 is 2.10 bits per heavy atom. The summed E-state index contributed by atoms with van der Waals surface area (Å²) in [6.07, 6.45) is 5.67. The number of rotatable bonds is 0. The van der Waals surface area contributed by atoms with Crippen LogP contribution in [-0.2, 0) is 32.1 Å². The van der Waals surface area contributed by atoms with Crippen molar-refractivity contribution in [1.29, 1.82) is 0 Å². The maximum absolute atomic E-state index is 12.5. The van der Waals surface area contributed by atoms with Crippen LogP contribution in [0.1, 0.15) is 44.6 Å². The van der Waals surface area contributed by atoms with E-state index in [2.05, 4.69) is 36.4 Å². The highest BCUT2D eigenvalue weighted by molar-refractivity contribution is 5.98. The van der Waals surface area contributed by atoms with Crippen LogP contribution in [0.5, 0.6) is 0 Å². The normalized spacial score (nSPS) is 16.9. The summed E-state index contributed by atoms with van der Waals surface area (Å²) >= 11 is 0. The molecule has 0 saturated carbocycles. The van der Waals surface area contributed by atoms with Crippen molar-refractivity contribution in [3.8, 4) is 0 Å². The fraction of sp³-hybridized carbons (Fsp3) is 0.316. The van der Waals surface area contributed by atoms with E-state index in [1.807, 2.05) is 0 Å². The molecule has 2 aromatic rings. The first kappa shape index (κ1) is 11.9. The average Bonchev–Trinajstić information content (AvgIpc) is 2.51. The second-order valence-electron chi connectivity index (χ2n) is 6.02. The summed E-state index contributed by atoms with van der Waals surface area (Å²) < 4.78 is 0. The van der Waals surface area contributed by atoms with Crippen LogP contribution in [0.3, 0.4) is 0 Å². The summed E-state index contributed by atoms with van der Waals surface area (Å²) in [4.78, 5) is 12.5. The second-order valence-corrected chi connectivity index (χ2v) is 6.02. The smallest absolute Gasteiger partial charge is 0.163 e. The van der Waals surface area contributed by atoms with Gasteiger partial charge in [0, 0.05) is 12.0 Å². The van der Waals surface area contributed by atoms with Crippen molar-refractivity contribution >= 4 is 5.78 Å². The molecule has 1 nitrogen and oxygen atoms in total. The van der Waals surface area contributed by atoms with Gasteiger partial charge >= 0.3 is 0 Å². The van der Waals surface area contributed by atoms with Crippen LogP contribution in [0.2, 0.25) is 0 Å². The fourth-order valence-corrected chi connectivity index (χ4v) is 3.51. The molecule has 20 heavy (non-hydrogen) atoms. The molecule has 2 aliphatic rings. The molecule has 0 unspecified atom stereocenters. The molecule has 0 saturated heterocycles. The fourth-order valence-electron chi connectivity index (χ4n) is 3.51. The van der Waals surface area contributed by atoms with Crippen molar-refractivity contribution in [2.75, 3.05) is 0 Å². The van der Waals surface area contributed by atoms with E-state index in [1.165, 1.54) is 27.8 Å². The molecule has 4 rings (SSSR count). The molecule has 0 fully saturated rings. The van der Waals surface area contributed by atoms with E-state index in [1.54, 1.807) is 0 Å². The molecule has 0 spiro atoms. The van der Waals surface area contributed by atoms with Gasteiger partial charge in [0.25, 0.3) is 0 Å². The highest BCUT2D eigenvalue weighted by atomic mass is 16.1. The number of aryl methyl sites for hydroxylation is 5. The number of benzene rings is 2. The van der Waals surface area contributed by atoms with E-state index in [0.717, 1.165) is 37.7 Å². The van der Waals surface area contributed by atoms with Gasteiger partial charge in [0.15, 0.2) is 5.78 Å². The third-order valence-corrected chi connectivity index (χ3v) is 4.73. The highest BCUT2D eigenvalue weighted by Gasteiger charge is 2.18. The second kappa shape index (κ2) is 4.59. The zero-order valence-electron chi connectivity index (χ0n) is 11.6. The predicted octanol–water partition coefficient (Wildman–Crippen LogP) is 3.70. The maximum atomic E-state index is 12.5. The molecule has 2 aromatic carbocycles. The summed E-state index contributed by atoms with van der Waals surface area (Å²) in [6, 6.07) is 13.4. The molecule has 0 amide bonds. The molecular weight excluding hydrogens is 244 g/mol. The van der Waals surface area contributed by atoms with Crippen molar-refractivity contribution in [2.24, 2.45) is 0 Å². The van der Waals surface area contributed by atoms with Gasteiger partial charge in [0.2, 0.25) is 0 Å². The SMILES string of the molecule is O=C1CCc2cc3ccc2CCc2ccc(cc21)CC3. The minimum absolute atomic E-state index is 0.321. The Labute approximate surface area is 119 Å². The van der Waals surface area contributed by atoms with E-state index in [0.29, 0.717) is 12.2 Å². The Morgan fingerprint density at radius 1 is 0.600 bits per heavy atom. The lowest BCUT2D eigenvalue weighted by molar-refractivity contribution is 0.0982. The van der Waals surface area contributed by atoms with Crippen LogP contribution in [0.4, 0.5) is 0 Å². The van der Waals surface area contributed by atoms with Gasteiger partial charge in [0.05, 0.1) is 0 Å². The number of hydrogen-bond donors (Lipinski definition) is 0. The monoisotopic (exact) mass is 262 g/mol. The first-order chi connectivity index (χ1) is 9.79. The largest absolute Gasteiger partial charge is 0.294 e. The van der Waals surface area contributed by atoms with Gasteiger partial charge < -0.3 is 0 Å². The number of carbonyl (C=O) groups is 1. The molecule has 100 valence electrons. The van der Waals surface area contributed by atoms with Crippen molar-refractivity contribution < 1.29 is 4.79 Å². The van der Waals surface area contributed by atoms with Gasteiger partial charge in [-0.25, -0.2) is 0 Å². The lowest BCUT2D eigenvalue weighted by atomic mass is 9.92. The first-order valence-electron chi connectivity index (χ1n) is 7.55. The van der Waals surface area contributed by atoms with E-state index in [9.17, 15) is 4.79 Å². The number of fused-ring (bicyclic) bond motifs is 4. The molecule has 0 N–H and O–H groups in total. The number of carbonyl (C=O) groups excluding carboxylic acids is 1. The van der Waals surface area contributed by atoms with Crippen LogP contribution in [0, 0.1) is 0 Å². The predicted molar refractivity (Wildman–Crippen MR) is 80.4 cm³/mol. The molecular formula is C19H18O. The Morgan fingerprint density at radius 2 is 1.25 bits per heavy atom. The Balaban J connectivity index is 1.96.